The quantitative estimate of drug-likeness (QED) is 0.839. The molecule has 0 spiro atoms. The van der Waals surface area contributed by atoms with Crippen molar-refractivity contribution in [3.05, 3.63) is 23.2 Å². The number of rotatable bonds is 7. The van der Waals surface area contributed by atoms with E-state index >= 15 is 0 Å². The number of nitrogens with one attached hydrogen (secondary N) is 1. The molecule has 120 valence electrons. The first-order chi connectivity index (χ1) is 10.0. The molecule has 1 fully saturated rings. The van der Waals surface area contributed by atoms with Crippen LogP contribution in [0.3, 0.4) is 0 Å². The maximum atomic E-state index is 5.99. The zero-order valence-electron chi connectivity index (χ0n) is 13.9. The summed E-state index contributed by atoms with van der Waals surface area (Å²) < 4.78 is 11.8. The van der Waals surface area contributed by atoms with Crippen molar-refractivity contribution >= 4 is 0 Å². The fourth-order valence-electron chi connectivity index (χ4n) is 2.68. The summed E-state index contributed by atoms with van der Waals surface area (Å²) in [7, 11) is 2.17. The van der Waals surface area contributed by atoms with E-state index in [0.717, 1.165) is 50.5 Å². The highest BCUT2D eigenvalue weighted by Crippen LogP contribution is 2.18. The van der Waals surface area contributed by atoms with Gasteiger partial charge in [0.25, 0.3) is 0 Å². The molecule has 2 rings (SSSR count). The predicted molar refractivity (Wildman–Crippen MR) is 85.3 cm³/mol. The van der Waals surface area contributed by atoms with Gasteiger partial charge in [0.2, 0.25) is 0 Å². The van der Waals surface area contributed by atoms with E-state index < -0.39 is 0 Å². The van der Waals surface area contributed by atoms with E-state index in [1.807, 2.05) is 6.92 Å². The summed E-state index contributed by atoms with van der Waals surface area (Å²) >= 11 is 0. The van der Waals surface area contributed by atoms with E-state index in [1.165, 1.54) is 5.56 Å². The van der Waals surface area contributed by atoms with E-state index in [-0.39, 0.29) is 0 Å². The zero-order chi connectivity index (χ0) is 15.2. The van der Waals surface area contributed by atoms with Crippen LogP contribution in [0.1, 0.15) is 43.8 Å². The Morgan fingerprint density at radius 3 is 2.76 bits per heavy atom. The van der Waals surface area contributed by atoms with Crippen LogP contribution in [0.2, 0.25) is 0 Å². The third-order valence-corrected chi connectivity index (χ3v) is 4.07. The van der Waals surface area contributed by atoms with Crippen LogP contribution < -0.4 is 5.32 Å². The third kappa shape index (κ3) is 5.46. The normalized spacial score (nSPS) is 17.8. The Morgan fingerprint density at radius 1 is 1.38 bits per heavy atom. The highest BCUT2D eigenvalue weighted by Gasteiger charge is 2.18. The average molecular weight is 294 g/mol. The van der Waals surface area contributed by atoms with Crippen molar-refractivity contribution in [2.75, 3.05) is 26.7 Å². The molecule has 0 bridgehead atoms. The van der Waals surface area contributed by atoms with E-state index in [0.29, 0.717) is 18.6 Å². The van der Waals surface area contributed by atoms with Crippen molar-refractivity contribution in [2.45, 2.75) is 52.9 Å². The van der Waals surface area contributed by atoms with Crippen LogP contribution in [0.5, 0.6) is 0 Å². The van der Waals surface area contributed by atoms with Gasteiger partial charge in [-0.3, -0.25) is 0 Å². The lowest BCUT2D eigenvalue weighted by atomic mass is 10.1. The molecule has 21 heavy (non-hydrogen) atoms. The molecule has 1 aliphatic heterocycles. The summed E-state index contributed by atoms with van der Waals surface area (Å²) in [5.74, 6) is 2.63. The van der Waals surface area contributed by atoms with Crippen molar-refractivity contribution in [1.82, 2.24) is 10.2 Å². The Balaban J connectivity index is 1.76. The highest BCUT2D eigenvalue weighted by molar-refractivity contribution is 5.20. The summed E-state index contributed by atoms with van der Waals surface area (Å²) in [5.41, 5.74) is 1.25. The van der Waals surface area contributed by atoms with Crippen LogP contribution in [-0.4, -0.2) is 37.7 Å². The Morgan fingerprint density at radius 2 is 2.10 bits per heavy atom. The molecule has 1 N–H and O–H groups in total. The van der Waals surface area contributed by atoms with Gasteiger partial charge in [0, 0.05) is 25.2 Å². The minimum Gasteiger partial charge on any atom is -0.464 e. The Hall–Kier alpha value is -0.840. The van der Waals surface area contributed by atoms with Crippen LogP contribution in [0.4, 0.5) is 0 Å². The number of hydrogen-bond donors (Lipinski definition) is 1. The van der Waals surface area contributed by atoms with Crippen LogP contribution in [0.25, 0.3) is 0 Å². The van der Waals surface area contributed by atoms with Gasteiger partial charge in [-0.2, -0.15) is 0 Å². The lowest BCUT2D eigenvalue weighted by molar-refractivity contribution is -0.00500. The SMILES string of the molecule is Cc1oc(COC2CCN(C)CC2)cc1CNCC(C)C. The molecule has 0 radical (unpaired) electrons. The number of hydrogen-bond acceptors (Lipinski definition) is 4. The van der Waals surface area contributed by atoms with Crippen molar-refractivity contribution in [1.29, 1.82) is 0 Å². The lowest BCUT2D eigenvalue weighted by Gasteiger charge is -2.28. The smallest absolute Gasteiger partial charge is 0.130 e. The zero-order valence-corrected chi connectivity index (χ0v) is 13.9. The number of furan rings is 1. The molecule has 4 heteroatoms. The largest absolute Gasteiger partial charge is 0.464 e. The van der Waals surface area contributed by atoms with Crippen molar-refractivity contribution in [2.24, 2.45) is 5.92 Å². The van der Waals surface area contributed by atoms with Gasteiger partial charge in [0.15, 0.2) is 0 Å². The molecule has 1 aromatic heterocycles. The van der Waals surface area contributed by atoms with Crippen molar-refractivity contribution in [3.63, 3.8) is 0 Å². The maximum Gasteiger partial charge on any atom is 0.130 e. The molecular weight excluding hydrogens is 264 g/mol. The molecule has 0 unspecified atom stereocenters. The van der Waals surface area contributed by atoms with E-state index in [4.69, 9.17) is 9.15 Å². The standard InChI is InChI=1S/C17H30N2O2/c1-13(2)10-18-11-15-9-17(21-14(15)3)12-20-16-5-7-19(4)8-6-16/h9,13,16,18H,5-8,10-12H2,1-4H3. The second-order valence-corrected chi connectivity index (χ2v) is 6.63. The summed E-state index contributed by atoms with van der Waals surface area (Å²) in [6.45, 7) is 11.2. The molecule has 0 saturated carbocycles. The first kappa shape index (κ1) is 16.5. The van der Waals surface area contributed by atoms with Crippen molar-refractivity contribution < 1.29 is 9.15 Å². The number of aryl methyl sites for hydroxylation is 1. The van der Waals surface area contributed by atoms with Gasteiger partial charge in [-0.1, -0.05) is 13.8 Å². The molecule has 2 heterocycles. The summed E-state index contributed by atoms with van der Waals surface area (Å²) in [6, 6.07) is 2.14. The summed E-state index contributed by atoms with van der Waals surface area (Å²) in [4.78, 5) is 2.36. The Bertz CT molecular complexity index is 420. The van der Waals surface area contributed by atoms with E-state index in [9.17, 15) is 0 Å². The molecule has 1 aliphatic rings. The van der Waals surface area contributed by atoms with Crippen LogP contribution >= 0.6 is 0 Å². The fourth-order valence-corrected chi connectivity index (χ4v) is 2.68. The number of likely N-dealkylation sites (tertiary alicyclic amines) is 1. The number of nitrogens with zero attached hydrogens (tertiary/aromatic N) is 1. The van der Waals surface area contributed by atoms with Crippen LogP contribution in [-0.2, 0) is 17.9 Å². The minimum absolute atomic E-state index is 0.383. The molecule has 1 saturated heterocycles. The molecule has 1 aromatic rings. The summed E-state index contributed by atoms with van der Waals surface area (Å²) in [6.07, 6.45) is 2.63. The number of ether oxygens (including phenoxy) is 1. The molecule has 4 nitrogen and oxygen atoms in total. The fraction of sp³-hybridized carbons (Fsp3) is 0.765. The predicted octanol–water partition coefficient (Wildman–Crippen LogP) is 2.94. The summed E-state index contributed by atoms with van der Waals surface area (Å²) in [5, 5.41) is 3.46. The topological polar surface area (TPSA) is 37.6 Å². The lowest BCUT2D eigenvalue weighted by Crippen LogP contribution is -2.34. The van der Waals surface area contributed by atoms with E-state index in [2.05, 4.69) is 37.2 Å². The van der Waals surface area contributed by atoms with Crippen LogP contribution in [0.15, 0.2) is 10.5 Å². The number of piperidine rings is 1. The van der Waals surface area contributed by atoms with Gasteiger partial charge >= 0.3 is 0 Å². The molecule has 0 aromatic carbocycles. The second-order valence-electron chi connectivity index (χ2n) is 6.63. The third-order valence-electron chi connectivity index (χ3n) is 4.07. The van der Waals surface area contributed by atoms with Gasteiger partial charge in [0.05, 0.1) is 6.10 Å². The molecule has 0 amide bonds. The van der Waals surface area contributed by atoms with Gasteiger partial charge in [0.1, 0.15) is 18.1 Å². The molecule has 0 atom stereocenters. The molecule has 0 aliphatic carbocycles. The Labute approximate surface area is 128 Å². The maximum absolute atomic E-state index is 5.99. The first-order valence-corrected chi connectivity index (χ1v) is 8.13. The van der Waals surface area contributed by atoms with Gasteiger partial charge in [-0.25, -0.2) is 0 Å². The van der Waals surface area contributed by atoms with Gasteiger partial charge in [-0.15, -0.1) is 0 Å². The van der Waals surface area contributed by atoms with Crippen molar-refractivity contribution in [3.8, 4) is 0 Å². The second kappa shape index (κ2) is 7.97. The molecular formula is C17H30N2O2. The first-order valence-electron chi connectivity index (χ1n) is 8.13. The van der Waals surface area contributed by atoms with E-state index in [1.54, 1.807) is 0 Å². The van der Waals surface area contributed by atoms with Gasteiger partial charge < -0.3 is 19.4 Å². The highest BCUT2D eigenvalue weighted by atomic mass is 16.5. The monoisotopic (exact) mass is 294 g/mol. The van der Waals surface area contributed by atoms with Crippen LogP contribution in [0, 0.1) is 12.8 Å². The average Bonchev–Trinajstić information content (AvgIpc) is 2.78. The Kier molecular flexibility index (Phi) is 6.27. The minimum atomic E-state index is 0.383. The van der Waals surface area contributed by atoms with Gasteiger partial charge in [-0.05, 0) is 45.3 Å².